The van der Waals surface area contributed by atoms with Crippen LogP contribution in [0.2, 0.25) is 0 Å². The second kappa shape index (κ2) is 17.9. The van der Waals surface area contributed by atoms with Gasteiger partial charge < -0.3 is 20.5 Å². The Morgan fingerprint density at radius 2 is 1.48 bits per heavy atom. The molecule has 0 bridgehead atoms. The van der Waals surface area contributed by atoms with E-state index in [4.69, 9.17) is 4.74 Å². The molecule has 3 N–H and O–H groups in total. The molecule has 1 amide bonds. The molecule has 0 spiro atoms. The molecule has 42 heavy (non-hydrogen) atoms. The van der Waals surface area contributed by atoms with E-state index in [0.29, 0.717) is 13.0 Å². The van der Waals surface area contributed by atoms with Crippen LogP contribution in [0.15, 0.2) is 97.2 Å². The molecule has 1 atom stereocenters. The fourth-order valence-electron chi connectivity index (χ4n) is 5.23. The summed E-state index contributed by atoms with van der Waals surface area (Å²) in [6, 6.07) is 30.9. The van der Waals surface area contributed by atoms with E-state index in [-0.39, 0.29) is 18.6 Å². The van der Waals surface area contributed by atoms with Crippen molar-refractivity contribution in [1.29, 1.82) is 0 Å². The van der Waals surface area contributed by atoms with Crippen LogP contribution >= 0.6 is 0 Å². The maximum atomic E-state index is 12.8. The van der Waals surface area contributed by atoms with Crippen LogP contribution in [-0.4, -0.2) is 47.8 Å². The van der Waals surface area contributed by atoms with Crippen LogP contribution in [0.5, 0.6) is 5.75 Å². The molecule has 0 aliphatic heterocycles. The van der Waals surface area contributed by atoms with Crippen LogP contribution in [0.4, 0.5) is 0 Å². The molecule has 1 unspecified atom stereocenters. The Kier molecular flexibility index (Phi) is 13.3. The van der Waals surface area contributed by atoms with Crippen molar-refractivity contribution in [2.75, 3.05) is 19.7 Å². The predicted molar refractivity (Wildman–Crippen MR) is 171 cm³/mol. The van der Waals surface area contributed by atoms with Gasteiger partial charge in [-0.1, -0.05) is 66.7 Å². The summed E-state index contributed by atoms with van der Waals surface area (Å²) in [6.07, 6.45) is 9.54. The van der Waals surface area contributed by atoms with Crippen molar-refractivity contribution in [3.63, 3.8) is 0 Å². The molecule has 0 aliphatic rings. The lowest BCUT2D eigenvalue weighted by Crippen LogP contribution is -2.35. The summed E-state index contributed by atoms with van der Waals surface area (Å²) in [5, 5.41) is 17.9. The third-order valence-electron chi connectivity index (χ3n) is 7.51. The van der Waals surface area contributed by atoms with E-state index in [9.17, 15) is 9.90 Å². The summed E-state index contributed by atoms with van der Waals surface area (Å²) in [5.74, 6) is 0.863. The second-order valence-corrected chi connectivity index (χ2v) is 11.0. The number of nitrogens with one attached hydrogen (secondary N) is 2. The van der Waals surface area contributed by atoms with E-state index < -0.39 is 6.10 Å². The van der Waals surface area contributed by atoms with E-state index in [0.717, 1.165) is 74.6 Å². The van der Waals surface area contributed by atoms with Gasteiger partial charge in [0.25, 0.3) is 0 Å². The first-order valence-corrected chi connectivity index (χ1v) is 15.4. The van der Waals surface area contributed by atoms with Crippen LogP contribution in [-0.2, 0) is 17.6 Å². The number of aromatic nitrogens is 1. The van der Waals surface area contributed by atoms with Crippen molar-refractivity contribution in [3.05, 3.63) is 108 Å². The molecular weight excluding hydrogens is 522 g/mol. The standard InChI is InChI=1S/C36H45N3O3/c40-32(28-42-35-23-11-22-34-33(35)21-12-26-38-34)27-37-25-8-7-24-36(41)39-31(19-9-17-29-13-3-1-4-14-29)20-10-18-30-15-5-2-6-16-30/h1-6,11-16,21-23,26,31-32,37,40H,7-10,17-20,24-25,27-28H2,(H,39,41). The number of carbonyl (C=O) groups is 1. The van der Waals surface area contributed by atoms with Gasteiger partial charge in [-0.15, -0.1) is 0 Å². The first-order valence-electron chi connectivity index (χ1n) is 15.4. The average molecular weight is 568 g/mol. The number of unbranched alkanes of at least 4 members (excludes halogenated alkanes) is 1. The maximum Gasteiger partial charge on any atom is 0.220 e. The summed E-state index contributed by atoms with van der Waals surface area (Å²) in [5.41, 5.74) is 3.57. The fourth-order valence-corrected chi connectivity index (χ4v) is 5.23. The van der Waals surface area contributed by atoms with Gasteiger partial charge >= 0.3 is 0 Å². The van der Waals surface area contributed by atoms with Crippen molar-refractivity contribution < 1.29 is 14.6 Å². The van der Waals surface area contributed by atoms with E-state index in [1.807, 2.05) is 42.5 Å². The Balaban J connectivity index is 1.10. The zero-order valence-corrected chi connectivity index (χ0v) is 24.6. The van der Waals surface area contributed by atoms with Gasteiger partial charge in [-0.3, -0.25) is 9.78 Å². The molecule has 6 heteroatoms. The Labute approximate surface area is 250 Å². The van der Waals surface area contributed by atoms with Gasteiger partial charge in [-0.05, 0) is 93.3 Å². The number of aliphatic hydroxyl groups is 1. The van der Waals surface area contributed by atoms with Crippen LogP contribution in [0.1, 0.15) is 56.1 Å². The zero-order valence-electron chi connectivity index (χ0n) is 24.6. The lowest BCUT2D eigenvalue weighted by atomic mass is 9.99. The molecule has 0 aliphatic carbocycles. The summed E-state index contributed by atoms with van der Waals surface area (Å²) in [6.45, 7) is 1.40. The molecule has 0 saturated heterocycles. The number of rotatable bonds is 19. The monoisotopic (exact) mass is 567 g/mol. The number of hydrogen-bond acceptors (Lipinski definition) is 5. The highest BCUT2D eigenvalue weighted by Crippen LogP contribution is 2.23. The van der Waals surface area contributed by atoms with Crippen molar-refractivity contribution in [1.82, 2.24) is 15.6 Å². The predicted octanol–water partition coefficient (Wildman–Crippen LogP) is 6.27. The topological polar surface area (TPSA) is 83.5 Å². The van der Waals surface area contributed by atoms with Gasteiger partial charge in [0.15, 0.2) is 0 Å². The smallest absolute Gasteiger partial charge is 0.220 e. The van der Waals surface area contributed by atoms with Gasteiger partial charge in [0.1, 0.15) is 18.5 Å². The number of fused-ring (bicyclic) bond motifs is 1. The number of aliphatic hydroxyl groups excluding tert-OH is 1. The molecule has 0 radical (unpaired) electrons. The van der Waals surface area contributed by atoms with Crippen LogP contribution in [0.25, 0.3) is 10.9 Å². The normalized spacial score (nSPS) is 12.0. The molecule has 4 rings (SSSR count). The van der Waals surface area contributed by atoms with E-state index in [1.165, 1.54) is 11.1 Å². The Bertz CT molecular complexity index is 1270. The molecular formula is C36H45N3O3. The number of benzene rings is 3. The van der Waals surface area contributed by atoms with Gasteiger partial charge in [-0.25, -0.2) is 0 Å². The molecule has 222 valence electrons. The van der Waals surface area contributed by atoms with Crippen molar-refractivity contribution >= 4 is 16.8 Å². The van der Waals surface area contributed by atoms with Gasteiger partial charge in [0, 0.05) is 30.6 Å². The number of carbonyl (C=O) groups excluding carboxylic acids is 1. The van der Waals surface area contributed by atoms with Crippen molar-refractivity contribution in [2.45, 2.75) is 69.9 Å². The molecule has 6 nitrogen and oxygen atoms in total. The van der Waals surface area contributed by atoms with E-state index in [2.05, 4.69) is 64.1 Å². The molecule has 0 saturated carbocycles. The number of pyridine rings is 1. The molecule has 1 heterocycles. The third-order valence-corrected chi connectivity index (χ3v) is 7.51. The Hall–Kier alpha value is -3.74. The lowest BCUT2D eigenvalue weighted by Gasteiger charge is -2.19. The fraction of sp³-hybridized carbons (Fsp3) is 0.389. The van der Waals surface area contributed by atoms with E-state index >= 15 is 0 Å². The van der Waals surface area contributed by atoms with Crippen molar-refractivity contribution in [2.24, 2.45) is 0 Å². The van der Waals surface area contributed by atoms with Crippen LogP contribution in [0, 0.1) is 0 Å². The van der Waals surface area contributed by atoms with Gasteiger partial charge in [0.2, 0.25) is 5.91 Å². The number of ether oxygens (including phenoxy) is 1. The quantitative estimate of drug-likeness (QED) is 0.116. The molecule has 3 aromatic carbocycles. The second-order valence-electron chi connectivity index (χ2n) is 11.0. The number of amides is 1. The van der Waals surface area contributed by atoms with Crippen LogP contribution in [0.3, 0.4) is 0 Å². The number of aryl methyl sites for hydroxylation is 2. The summed E-state index contributed by atoms with van der Waals surface area (Å²) < 4.78 is 5.85. The Morgan fingerprint density at radius 3 is 2.17 bits per heavy atom. The minimum atomic E-state index is -0.618. The number of hydrogen-bond donors (Lipinski definition) is 3. The maximum absolute atomic E-state index is 12.8. The molecule has 0 fully saturated rings. The molecule has 1 aromatic heterocycles. The minimum absolute atomic E-state index is 0.137. The summed E-state index contributed by atoms with van der Waals surface area (Å²) in [4.78, 5) is 17.1. The van der Waals surface area contributed by atoms with Crippen LogP contribution < -0.4 is 15.4 Å². The SMILES string of the molecule is O=C(CCCCNCC(O)COc1cccc2ncccc12)NC(CCCc1ccccc1)CCCc1ccccc1. The minimum Gasteiger partial charge on any atom is -0.490 e. The lowest BCUT2D eigenvalue weighted by molar-refractivity contribution is -0.122. The zero-order chi connectivity index (χ0) is 29.2. The van der Waals surface area contributed by atoms with Crippen molar-refractivity contribution in [3.8, 4) is 5.75 Å². The highest BCUT2D eigenvalue weighted by Gasteiger charge is 2.13. The van der Waals surface area contributed by atoms with Gasteiger partial charge in [-0.2, -0.15) is 0 Å². The molecule has 4 aromatic rings. The number of nitrogens with zero attached hydrogens (tertiary/aromatic N) is 1. The highest BCUT2D eigenvalue weighted by molar-refractivity contribution is 5.84. The first-order chi connectivity index (χ1) is 20.7. The average Bonchev–Trinajstić information content (AvgIpc) is 3.02. The highest BCUT2D eigenvalue weighted by atomic mass is 16.5. The largest absolute Gasteiger partial charge is 0.490 e. The Morgan fingerprint density at radius 1 is 0.786 bits per heavy atom. The summed E-state index contributed by atoms with van der Waals surface area (Å²) >= 11 is 0. The third kappa shape index (κ3) is 11.3. The first kappa shape index (κ1) is 31.2. The summed E-state index contributed by atoms with van der Waals surface area (Å²) in [7, 11) is 0. The van der Waals surface area contributed by atoms with E-state index in [1.54, 1.807) is 6.20 Å². The van der Waals surface area contributed by atoms with Gasteiger partial charge in [0.05, 0.1) is 5.52 Å².